The van der Waals surface area contributed by atoms with Crippen LogP contribution in [0.25, 0.3) is 0 Å². The fourth-order valence-electron chi connectivity index (χ4n) is 2.17. The molecule has 1 aromatic rings. The standard InChI is InChI=1S/C15H17F3N2O2S/c1-12-2-4-13(5-3-12)23(21,22)11-10-20-8-6-14(15(16,17)18)19-7-9-20/h2-6,8H,7,9-11H2,1H3/p+1. The quantitative estimate of drug-likeness (QED) is 0.889. The van der Waals surface area contributed by atoms with Gasteiger partial charge in [-0.15, -0.1) is 0 Å². The summed E-state index contributed by atoms with van der Waals surface area (Å²) in [7, 11) is -3.44. The SMILES string of the molecule is Cc1ccc(S(=O)(=O)CC[NH+]2C=CC(C(F)(F)F)=NCC2)cc1. The first-order valence-electron chi connectivity index (χ1n) is 7.12. The average molecular weight is 347 g/mol. The normalized spacial score (nSPS) is 19.3. The van der Waals surface area contributed by atoms with Gasteiger partial charge in [0.05, 0.1) is 24.2 Å². The summed E-state index contributed by atoms with van der Waals surface area (Å²) in [4.78, 5) is 4.38. The molecule has 1 aliphatic heterocycles. The summed E-state index contributed by atoms with van der Waals surface area (Å²) in [5.74, 6) is -0.128. The molecule has 1 heterocycles. The molecule has 126 valence electrons. The largest absolute Gasteiger partial charge is 0.433 e. The Balaban J connectivity index is 2.00. The van der Waals surface area contributed by atoms with Crippen LogP contribution in [0.15, 0.2) is 46.4 Å². The van der Waals surface area contributed by atoms with E-state index in [9.17, 15) is 21.6 Å². The summed E-state index contributed by atoms with van der Waals surface area (Å²) in [5, 5.41) is 0. The minimum Gasteiger partial charge on any atom is -0.306 e. The van der Waals surface area contributed by atoms with Crippen molar-refractivity contribution in [1.82, 2.24) is 0 Å². The van der Waals surface area contributed by atoms with E-state index < -0.39 is 21.7 Å². The predicted molar refractivity (Wildman–Crippen MR) is 81.4 cm³/mol. The van der Waals surface area contributed by atoms with E-state index in [4.69, 9.17) is 0 Å². The van der Waals surface area contributed by atoms with Crippen LogP contribution in [0.3, 0.4) is 0 Å². The number of alkyl halides is 3. The molecule has 0 saturated carbocycles. The molecule has 0 amide bonds. The Morgan fingerprint density at radius 3 is 2.48 bits per heavy atom. The van der Waals surface area contributed by atoms with Crippen LogP contribution in [0.5, 0.6) is 0 Å². The maximum atomic E-state index is 12.6. The van der Waals surface area contributed by atoms with Gasteiger partial charge in [0.25, 0.3) is 0 Å². The van der Waals surface area contributed by atoms with Crippen LogP contribution in [-0.4, -0.2) is 45.7 Å². The maximum absolute atomic E-state index is 12.6. The van der Waals surface area contributed by atoms with E-state index in [1.807, 2.05) is 6.92 Å². The summed E-state index contributed by atoms with van der Waals surface area (Å²) in [6.45, 7) is 2.41. The van der Waals surface area contributed by atoms with Gasteiger partial charge in [0.2, 0.25) is 0 Å². The van der Waals surface area contributed by atoms with Crippen LogP contribution in [-0.2, 0) is 9.84 Å². The third kappa shape index (κ3) is 4.90. The smallest absolute Gasteiger partial charge is 0.306 e. The second-order valence-corrected chi connectivity index (χ2v) is 7.50. The zero-order chi connectivity index (χ0) is 17.1. The van der Waals surface area contributed by atoms with Gasteiger partial charge in [-0.05, 0) is 19.1 Å². The summed E-state index contributed by atoms with van der Waals surface area (Å²) in [6.07, 6.45) is -2.22. The number of quaternary nitrogens is 1. The number of hydrogen-bond donors (Lipinski definition) is 1. The highest BCUT2D eigenvalue weighted by Gasteiger charge is 2.35. The molecule has 0 spiro atoms. The van der Waals surface area contributed by atoms with Gasteiger partial charge in [-0.25, -0.2) is 8.42 Å². The maximum Gasteiger partial charge on any atom is 0.433 e. The number of allylic oxidation sites excluding steroid dienone is 1. The molecule has 8 heteroatoms. The Bertz CT molecular complexity index is 707. The van der Waals surface area contributed by atoms with E-state index in [1.165, 1.54) is 6.20 Å². The summed E-state index contributed by atoms with van der Waals surface area (Å²) < 4.78 is 62.3. The van der Waals surface area contributed by atoms with E-state index in [0.717, 1.165) is 11.6 Å². The van der Waals surface area contributed by atoms with E-state index in [1.54, 1.807) is 24.3 Å². The van der Waals surface area contributed by atoms with Crippen LogP contribution >= 0.6 is 0 Å². The Morgan fingerprint density at radius 2 is 1.87 bits per heavy atom. The van der Waals surface area contributed by atoms with E-state index in [0.29, 0.717) is 11.4 Å². The van der Waals surface area contributed by atoms with Crippen LogP contribution in [0, 0.1) is 6.92 Å². The van der Waals surface area contributed by atoms with Gasteiger partial charge in [-0.2, -0.15) is 13.2 Å². The zero-order valence-electron chi connectivity index (χ0n) is 12.6. The Morgan fingerprint density at radius 1 is 1.22 bits per heavy atom. The number of hydrogen-bond acceptors (Lipinski definition) is 3. The molecule has 23 heavy (non-hydrogen) atoms. The lowest BCUT2D eigenvalue weighted by Crippen LogP contribution is -3.08. The van der Waals surface area contributed by atoms with Crippen LogP contribution < -0.4 is 4.90 Å². The number of halogens is 3. The first-order chi connectivity index (χ1) is 10.7. The zero-order valence-corrected chi connectivity index (χ0v) is 13.4. The van der Waals surface area contributed by atoms with E-state index >= 15 is 0 Å². The summed E-state index contributed by atoms with van der Waals surface area (Å²) in [5.41, 5.74) is 0.0377. The Labute approximate surface area is 133 Å². The van der Waals surface area contributed by atoms with Crippen molar-refractivity contribution in [1.29, 1.82) is 0 Å². The molecular formula is C15H18F3N2O2S+. The summed E-state index contributed by atoms with van der Waals surface area (Å²) >= 11 is 0. The van der Waals surface area contributed by atoms with Crippen molar-refractivity contribution >= 4 is 15.5 Å². The third-order valence-electron chi connectivity index (χ3n) is 3.55. The number of sulfone groups is 1. The molecule has 2 rings (SSSR count). The number of rotatable bonds is 4. The lowest BCUT2D eigenvalue weighted by atomic mass is 10.2. The predicted octanol–water partition coefficient (Wildman–Crippen LogP) is 1.18. The average Bonchev–Trinajstić information content (AvgIpc) is 2.71. The van der Waals surface area contributed by atoms with Gasteiger partial charge in [0.1, 0.15) is 18.0 Å². The number of nitrogens with zero attached hydrogens (tertiary/aromatic N) is 1. The molecule has 0 bridgehead atoms. The molecule has 1 atom stereocenters. The molecule has 0 radical (unpaired) electrons. The van der Waals surface area contributed by atoms with Crippen LogP contribution in [0.4, 0.5) is 13.2 Å². The summed E-state index contributed by atoms with van der Waals surface area (Å²) in [6, 6.07) is 6.52. The topological polar surface area (TPSA) is 50.9 Å². The Hall–Kier alpha value is -1.67. The molecule has 4 nitrogen and oxygen atoms in total. The monoisotopic (exact) mass is 347 g/mol. The van der Waals surface area contributed by atoms with Crippen molar-refractivity contribution in [2.75, 3.05) is 25.4 Å². The minimum absolute atomic E-state index is 0.0156. The van der Waals surface area contributed by atoms with E-state index in [-0.39, 0.29) is 23.7 Å². The molecule has 1 unspecified atom stereocenters. The van der Waals surface area contributed by atoms with Crippen molar-refractivity contribution in [3.63, 3.8) is 0 Å². The second-order valence-electron chi connectivity index (χ2n) is 5.39. The van der Waals surface area contributed by atoms with Gasteiger partial charge in [0, 0.05) is 6.08 Å². The van der Waals surface area contributed by atoms with Crippen molar-refractivity contribution in [2.45, 2.75) is 18.0 Å². The molecule has 0 fully saturated rings. The number of benzene rings is 1. The molecule has 1 aliphatic rings. The highest BCUT2D eigenvalue weighted by Crippen LogP contribution is 2.18. The van der Waals surface area contributed by atoms with Crippen molar-refractivity contribution in [3.05, 3.63) is 42.1 Å². The lowest BCUT2D eigenvalue weighted by molar-refractivity contribution is -0.842. The highest BCUT2D eigenvalue weighted by molar-refractivity contribution is 7.91. The van der Waals surface area contributed by atoms with Crippen molar-refractivity contribution in [2.24, 2.45) is 4.99 Å². The van der Waals surface area contributed by atoms with Crippen molar-refractivity contribution in [3.8, 4) is 0 Å². The van der Waals surface area contributed by atoms with Crippen molar-refractivity contribution < 1.29 is 26.5 Å². The second kappa shape index (κ2) is 6.84. The number of nitrogens with one attached hydrogen (secondary N) is 1. The molecule has 1 aromatic carbocycles. The highest BCUT2D eigenvalue weighted by atomic mass is 32.2. The van der Waals surface area contributed by atoms with Gasteiger partial charge >= 0.3 is 6.18 Å². The lowest BCUT2D eigenvalue weighted by Gasteiger charge is -2.12. The van der Waals surface area contributed by atoms with E-state index in [2.05, 4.69) is 4.99 Å². The van der Waals surface area contributed by atoms with Gasteiger partial charge in [0.15, 0.2) is 9.84 Å². The first kappa shape index (κ1) is 17.7. The third-order valence-corrected chi connectivity index (χ3v) is 5.29. The van der Waals surface area contributed by atoms with Gasteiger partial charge < -0.3 is 4.90 Å². The fourth-order valence-corrected chi connectivity index (χ4v) is 3.49. The first-order valence-corrected chi connectivity index (χ1v) is 8.77. The van der Waals surface area contributed by atoms with Crippen LogP contribution in [0.2, 0.25) is 0 Å². The minimum atomic E-state index is -4.47. The molecule has 0 aliphatic carbocycles. The number of aliphatic imine (C=N–C) groups is 1. The van der Waals surface area contributed by atoms with Gasteiger partial charge in [-0.3, -0.25) is 4.99 Å². The Kier molecular flexibility index (Phi) is 5.26. The molecular weight excluding hydrogens is 329 g/mol. The molecule has 0 saturated heterocycles. The molecule has 1 N–H and O–H groups in total. The van der Waals surface area contributed by atoms with Crippen LogP contribution in [0.1, 0.15) is 5.56 Å². The van der Waals surface area contributed by atoms with Gasteiger partial charge in [-0.1, -0.05) is 17.7 Å². The fraction of sp³-hybridized carbons (Fsp3) is 0.400. The molecule has 0 aromatic heterocycles. The number of aryl methyl sites for hydroxylation is 1.